The molecule has 0 radical (unpaired) electrons. The van der Waals surface area contributed by atoms with Gasteiger partial charge in [-0.25, -0.2) is 0 Å². The molecule has 3 rings (SSSR count). The molecule has 2 aliphatic carbocycles. The molecule has 1 heterocycles. The minimum absolute atomic E-state index is 0.383. The summed E-state index contributed by atoms with van der Waals surface area (Å²) in [7, 11) is 2.23. The highest BCUT2D eigenvalue weighted by Crippen LogP contribution is 2.40. The fourth-order valence-corrected chi connectivity index (χ4v) is 5.41. The largest absolute Gasteiger partial charge is 0.390 e. The quantitative estimate of drug-likeness (QED) is 0.843. The van der Waals surface area contributed by atoms with Gasteiger partial charge in [-0.2, -0.15) is 0 Å². The highest BCUT2D eigenvalue weighted by molar-refractivity contribution is 4.92. The van der Waals surface area contributed by atoms with Crippen molar-refractivity contribution in [1.29, 1.82) is 0 Å². The van der Waals surface area contributed by atoms with Crippen LogP contribution in [-0.4, -0.2) is 60.3 Å². The average molecular weight is 337 g/mol. The van der Waals surface area contributed by atoms with E-state index in [1.54, 1.807) is 0 Å². The van der Waals surface area contributed by atoms with E-state index in [1.807, 2.05) is 0 Å². The van der Waals surface area contributed by atoms with Crippen molar-refractivity contribution >= 4 is 0 Å². The number of piperazine rings is 1. The lowest BCUT2D eigenvalue weighted by Gasteiger charge is -2.44. The van der Waals surface area contributed by atoms with Gasteiger partial charge in [0, 0.05) is 38.6 Å². The molecule has 0 aromatic rings. The van der Waals surface area contributed by atoms with E-state index in [2.05, 4.69) is 16.8 Å². The molecule has 1 saturated heterocycles. The maximum absolute atomic E-state index is 11.7. The molecule has 140 valence electrons. The van der Waals surface area contributed by atoms with Gasteiger partial charge in [-0.3, -0.25) is 0 Å². The van der Waals surface area contributed by atoms with Gasteiger partial charge in [-0.15, -0.1) is 0 Å². The molecule has 2 saturated carbocycles. The van der Waals surface area contributed by atoms with Gasteiger partial charge in [0.25, 0.3) is 0 Å². The summed E-state index contributed by atoms with van der Waals surface area (Å²) in [6, 6.07) is 0. The third-order valence-electron chi connectivity index (χ3n) is 7.11. The Morgan fingerprint density at radius 3 is 2.21 bits per heavy atom. The molecule has 0 bridgehead atoms. The van der Waals surface area contributed by atoms with Crippen molar-refractivity contribution in [2.75, 3.05) is 39.8 Å². The Morgan fingerprint density at radius 2 is 1.46 bits per heavy atom. The molecule has 2 atom stereocenters. The monoisotopic (exact) mass is 336 g/mol. The maximum Gasteiger partial charge on any atom is 0.0690 e. The normalized spacial score (nSPS) is 35.5. The Kier molecular flexibility index (Phi) is 7.00. The lowest BCUT2D eigenvalue weighted by Crippen LogP contribution is -2.51. The molecule has 3 aliphatic rings. The minimum Gasteiger partial charge on any atom is -0.390 e. The van der Waals surface area contributed by atoms with Crippen LogP contribution < -0.4 is 0 Å². The van der Waals surface area contributed by atoms with E-state index >= 15 is 0 Å². The molecule has 0 amide bonds. The first kappa shape index (κ1) is 18.7. The second-order valence-electron chi connectivity index (χ2n) is 9.07. The van der Waals surface area contributed by atoms with Crippen molar-refractivity contribution in [3.8, 4) is 0 Å². The lowest BCUT2D eigenvalue weighted by molar-refractivity contribution is -0.0709. The van der Waals surface area contributed by atoms with E-state index in [1.165, 1.54) is 90.4 Å². The van der Waals surface area contributed by atoms with Crippen molar-refractivity contribution < 1.29 is 5.11 Å². The van der Waals surface area contributed by atoms with E-state index in [0.29, 0.717) is 5.92 Å². The van der Waals surface area contributed by atoms with Gasteiger partial charge >= 0.3 is 0 Å². The van der Waals surface area contributed by atoms with E-state index in [9.17, 15) is 5.11 Å². The average Bonchev–Trinajstić information content (AvgIpc) is 2.58. The van der Waals surface area contributed by atoms with E-state index in [4.69, 9.17) is 0 Å². The van der Waals surface area contributed by atoms with E-state index in [-0.39, 0.29) is 5.60 Å². The fraction of sp³-hybridized carbons (Fsp3) is 1.00. The van der Waals surface area contributed by atoms with Gasteiger partial charge in [0.2, 0.25) is 0 Å². The zero-order valence-electron chi connectivity index (χ0n) is 16.0. The zero-order chi connectivity index (χ0) is 16.8. The van der Waals surface area contributed by atoms with E-state index in [0.717, 1.165) is 25.3 Å². The molecular weight excluding hydrogens is 296 g/mol. The first-order chi connectivity index (χ1) is 11.7. The van der Waals surface area contributed by atoms with Gasteiger partial charge in [0.05, 0.1) is 5.60 Å². The molecule has 3 heteroatoms. The summed E-state index contributed by atoms with van der Waals surface area (Å²) in [6.45, 7) is 5.89. The Bertz CT molecular complexity index is 361. The van der Waals surface area contributed by atoms with Gasteiger partial charge in [0.15, 0.2) is 0 Å². The van der Waals surface area contributed by atoms with Crippen molar-refractivity contribution in [2.24, 2.45) is 11.8 Å². The number of aliphatic hydroxyl groups is 1. The van der Waals surface area contributed by atoms with Crippen molar-refractivity contribution in [1.82, 2.24) is 9.80 Å². The predicted octanol–water partition coefficient (Wildman–Crippen LogP) is 3.91. The van der Waals surface area contributed by atoms with Crippen LogP contribution in [0.15, 0.2) is 0 Å². The fourth-order valence-electron chi connectivity index (χ4n) is 5.41. The topological polar surface area (TPSA) is 26.7 Å². The molecule has 24 heavy (non-hydrogen) atoms. The van der Waals surface area contributed by atoms with Crippen molar-refractivity contribution in [3.63, 3.8) is 0 Å². The van der Waals surface area contributed by atoms with Gasteiger partial charge in [-0.05, 0) is 32.2 Å². The van der Waals surface area contributed by atoms with Crippen LogP contribution in [0.25, 0.3) is 0 Å². The molecular formula is C21H40N2O. The molecule has 1 aliphatic heterocycles. The molecule has 1 N–H and O–H groups in total. The van der Waals surface area contributed by atoms with Crippen LogP contribution in [0.3, 0.4) is 0 Å². The highest BCUT2D eigenvalue weighted by atomic mass is 16.3. The summed E-state index contributed by atoms with van der Waals surface area (Å²) in [6.07, 6.45) is 15.6. The second kappa shape index (κ2) is 9.00. The number of rotatable bonds is 4. The third kappa shape index (κ3) is 5.19. The highest BCUT2D eigenvalue weighted by Gasteiger charge is 2.39. The Labute approximate surface area is 149 Å². The summed E-state index contributed by atoms with van der Waals surface area (Å²) < 4.78 is 0. The molecule has 2 unspecified atom stereocenters. The van der Waals surface area contributed by atoms with Crippen LogP contribution >= 0.6 is 0 Å². The van der Waals surface area contributed by atoms with Gasteiger partial charge < -0.3 is 14.9 Å². The molecule has 3 fully saturated rings. The summed E-state index contributed by atoms with van der Waals surface area (Å²) in [4.78, 5) is 5.07. The predicted molar refractivity (Wildman–Crippen MR) is 101 cm³/mol. The van der Waals surface area contributed by atoms with E-state index < -0.39 is 0 Å². The van der Waals surface area contributed by atoms with Gasteiger partial charge in [-0.1, -0.05) is 57.8 Å². The smallest absolute Gasteiger partial charge is 0.0690 e. The molecule has 0 spiro atoms. The molecule has 3 nitrogen and oxygen atoms in total. The Hall–Kier alpha value is -0.120. The van der Waals surface area contributed by atoms with Crippen molar-refractivity contribution in [2.45, 2.75) is 82.7 Å². The number of hydrogen-bond donors (Lipinski definition) is 1. The van der Waals surface area contributed by atoms with Crippen LogP contribution in [0.2, 0.25) is 0 Å². The second-order valence-corrected chi connectivity index (χ2v) is 9.07. The van der Waals surface area contributed by atoms with Crippen molar-refractivity contribution in [3.05, 3.63) is 0 Å². The van der Waals surface area contributed by atoms with Crippen LogP contribution in [0.5, 0.6) is 0 Å². The summed E-state index contributed by atoms with van der Waals surface area (Å²) >= 11 is 0. The minimum atomic E-state index is -0.383. The first-order valence-electron chi connectivity index (χ1n) is 10.8. The zero-order valence-corrected chi connectivity index (χ0v) is 16.0. The Balaban J connectivity index is 1.63. The van der Waals surface area contributed by atoms with Crippen LogP contribution in [0, 0.1) is 11.8 Å². The number of likely N-dealkylation sites (N-methyl/N-ethyl adjacent to an activating group) is 1. The number of nitrogens with zero attached hydrogens (tertiary/aromatic N) is 2. The SMILES string of the molecule is CN1CCN(CC2CCCCCCC2(O)CC2CCCCC2)CC1. The van der Waals surface area contributed by atoms with Crippen LogP contribution in [0.4, 0.5) is 0 Å². The summed E-state index contributed by atoms with van der Waals surface area (Å²) in [5.41, 5.74) is -0.383. The van der Waals surface area contributed by atoms with Crippen LogP contribution in [-0.2, 0) is 0 Å². The standard InChI is InChI=1S/C21H40N2O/c1-22-13-15-23(16-14-22)18-20-11-7-2-3-8-12-21(20,24)17-19-9-5-4-6-10-19/h19-20,24H,2-18H2,1H3. The Morgan fingerprint density at radius 1 is 0.833 bits per heavy atom. The van der Waals surface area contributed by atoms with Crippen LogP contribution in [0.1, 0.15) is 77.0 Å². The maximum atomic E-state index is 11.7. The summed E-state index contributed by atoms with van der Waals surface area (Å²) in [5.74, 6) is 1.29. The molecule has 0 aromatic heterocycles. The third-order valence-corrected chi connectivity index (χ3v) is 7.11. The first-order valence-corrected chi connectivity index (χ1v) is 10.8. The lowest BCUT2D eigenvalue weighted by atomic mass is 9.70. The number of hydrogen-bond acceptors (Lipinski definition) is 3. The summed E-state index contributed by atoms with van der Waals surface area (Å²) in [5, 5.41) is 11.7. The molecule has 0 aromatic carbocycles. The van der Waals surface area contributed by atoms with Gasteiger partial charge in [0.1, 0.15) is 0 Å².